The third-order valence-electron chi connectivity index (χ3n) is 8.58. The van der Waals surface area contributed by atoms with Crippen molar-refractivity contribution in [2.45, 2.75) is 89.6 Å². The number of terminal acetylenes is 1. The molecule has 3 aliphatic rings. The van der Waals surface area contributed by atoms with Gasteiger partial charge in [-0.05, 0) is 55.6 Å². The van der Waals surface area contributed by atoms with Gasteiger partial charge in [-0.15, -0.1) is 12.3 Å². The van der Waals surface area contributed by atoms with E-state index in [2.05, 4.69) is 33.6 Å². The van der Waals surface area contributed by atoms with Crippen LogP contribution in [-0.4, -0.2) is 35.3 Å². The molecule has 2 aliphatic heterocycles. The molecular formula is C30H38O5. The minimum atomic E-state index is -0.700. The molecule has 0 aromatic heterocycles. The quantitative estimate of drug-likeness (QED) is 0.211. The minimum Gasteiger partial charge on any atom is -0.459 e. The summed E-state index contributed by atoms with van der Waals surface area (Å²) in [4.78, 5) is 25.7. The first-order chi connectivity index (χ1) is 16.7. The third-order valence-corrected chi connectivity index (χ3v) is 8.58. The topological polar surface area (TPSA) is 61.8 Å². The highest BCUT2D eigenvalue weighted by atomic mass is 16.6. The molecule has 35 heavy (non-hydrogen) atoms. The fourth-order valence-electron chi connectivity index (χ4n) is 6.69. The van der Waals surface area contributed by atoms with E-state index >= 15 is 0 Å². The van der Waals surface area contributed by atoms with E-state index in [1.807, 2.05) is 30.3 Å². The number of esters is 2. The molecule has 2 heterocycles. The zero-order chi connectivity index (χ0) is 25.2. The maximum absolute atomic E-state index is 13.0. The van der Waals surface area contributed by atoms with Crippen LogP contribution in [-0.2, 0) is 23.8 Å². The molecule has 1 unspecified atom stereocenters. The van der Waals surface area contributed by atoms with E-state index < -0.39 is 17.3 Å². The average Bonchev–Trinajstić information content (AvgIpc) is 3.34. The molecule has 4 rings (SSSR count). The van der Waals surface area contributed by atoms with Crippen molar-refractivity contribution in [1.82, 2.24) is 0 Å². The van der Waals surface area contributed by atoms with Gasteiger partial charge in [0.05, 0.1) is 0 Å². The van der Waals surface area contributed by atoms with Crippen molar-refractivity contribution in [3.8, 4) is 12.3 Å². The Hall–Kier alpha value is -2.58. The van der Waals surface area contributed by atoms with E-state index in [1.54, 1.807) is 6.08 Å². The van der Waals surface area contributed by atoms with Gasteiger partial charge in [0.15, 0.2) is 0 Å². The number of hydrogen-bond donors (Lipinski definition) is 0. The van der Waals surface area contributed by atoms with Crippen molar-refractivity contribution < 1.29 is 23.8 Å². The molecule has 0 spiro atoms. The predicted octanol–water partition coefficient (Wildman–Crippen LogP) is 5.58. The Kier molecular flexibility index (Phi) is 7.43. The summed E-state index contributed by atoms with van der Waals surface area (Å²) in [5.74, 6) is 2.77. The lowest BCUT2D eigenvalue weighted by Gasteiger charge is -2.52. The Morgan fingerprint density at radius 2 is 1.97 bits per heavy atom. The Morgan fingerprint density at radius 3 is 2.66 bits per heavy atom. The van der Waals surface area contributed by atoms with Gasteiger partial charge >= 0.3 is 11.9 Å². The molecule has 3 fully saturated rings. The molecule has 1 aliphatic carbocycles. The molecule has 5 nitrogen and oxygen atoms in total. The van der Waals surface area contributed by atoms with Crippen LogP contribution in [0.4, 0.5) is 0 Å². The van der Waals surface area contributed by atoms with Gasteiger partial charge in [-0.1, -0.05) is 51.1 Å². The number of carbonyl (C=O) groups excluding carboxylic acids is 2. The maximum Gasteiger partial charge on any atom is 0.331 e. The lowest BCUT2D eigenvalue weighted by atomic mass is 9.69. The van der Waals surface area contributed by atoms with Crippen LogP contribution in [0.1, 0.15) is 71.8 Å². The van der Waals surface area contributed by atoms with Crippen LogP contribution in [0.3, 0.4) is 0 Å². The van der Waals surface area contributed by atoms with Gasteiger partial charge in [-0.2, -0.15) is 0 Å². The fraction of sp³-hybridized carbons (Fsp3) is 0.600. The summed E-state index contributed by atoms with van der Waals surface area (Å²) in [6.07, 6.45) is 11.9. The van der Waals surface area contributed by atoms with Crippen molar-refractivity contribution in [1.29, 1.82) is 0 Å². The molecule has 0 N–H and O–H groups in total. The van der Waals surface area contributed by atoms with E-state index in [0.29, 0.717) is 31.6 Å². The summed E-state index contributed by atoms with van der Waals surface area (Å²) in [5.41, 5.74) is -0.348. The number of hydrogen-bond acceptors (Lipinski definition) is 5. The monoisotopic (exact) mass is 478 g/mol. The SMILES string of the molecule is C#CCCCC(=O)O[C@@H]1C[C@]2(C(C)C)OC1(C)[C@@H]1CC[C@@H](C)[C@H]1[C@@H]2OC(=O)C=Cc1ccccc1. The van der Waals surface area contributed by atoms with E-state index in [9.17, 15) is 9.59 Å². The van der Waals surface area contributed by atoms with Crippen molar-refractivity contribution in [2.75, 3.05) is 0 Å². The molecule has 2 saturated heterocycles. The van der Waals surface area contributed by atoms with Crippen LogP contribution in [0.5, 0.6) is 0 Å². The summed E-state index contributed by atoms with van der Waals surface area (Å²) >= 11 is 0. The molecular weight excluding hydrogens is 440 g/mol. The number of unbranched alkanes of at least 4 members (excludes halogenated alkanes) is 1. The maximum atomic E-state index is 13.0. The van der Waals surface area contributed by atoms with E-state index in [0.717, 1.165) is 18.4 Å². The van der Waals surface area contributed by atoms with Crippen LogP contribution in [0, 0.1) is 36.0 Å². The van der Waals surface area contributed by atoms with Gasteiger partial charge < -0.3 is 14.2 Å². The Labute approximate surface area is 209 Å². The highest BCUT2D eigenvalue weighted by Gasteiger charge is 2.72. The molecule has 5 heteroatoms. The molecule has 7 atom stereocenters. The predicted molar refractivity (Wildman–Crippen MR) is 135 cm³/mol. The van der Waals surface area contributed by atoms with Crippen LogP contribution >= 0.6 is 0 Å². The second-order valence-corrected chi connectivity index (χ2v) is 11.0. The van der Waals surface area contributed by atoms with Crippen LogP contribution in [0.15, 0.2) is 36.4 Å². The molecule has 1 aromatic rings. The van der Waals surface area contributed by atoms with E-state index in [1.165, 1.54) is 6.08 Å². The minimum absolute atomic E-state index is 0.0802. The first kappa shape index (κ1) is 25.5. The zero-order valence-electron chi connectivity index (χ0n) is 21.4. The molecule has 1 aromatic carbocycles. The number of carbonyl (C=O) groups is 2. The fourth-order valence-corrected chi connectivity index (χ4v) is 6.69. The van der Waals surface area contributed by atoms with E-state index in [-0.39, 0.29) is 35.8 Å². The Morgan fingerprint density at radius 1 is 1.23 bits per heavy atom. The van der Waals surface area contributed by atoms with Gasteiger partial charge in [0, 0.05) is 31.3 Å². The number of ether oxygens (including phenoxy) is 3. The number of benzene rings is 1. The second-order valence-electron chi connectivity index (χ2n) is 11.0. The molecule has 0 amide bonds. The van der Waals surface area contributed by atoms with Gasteiger partial charge in [-0.3, -0.25) is 4.79 Å². The molecule has 188 valence electrons. The highest BCUT2D eigenvalue weighted by Crippen LogP contribution is 2.63. The van der Waals surface area contributed by atoms with Gasteiger partial charge in [-0.25, -0.2) is 4.79 Å². The largest absolute Gasteiger partial charge is 0.459 e. The second kappa shape index (κ2) is 10.2. The first-order valence-electron chi connectivity index (χ1n) is 13.0. The van der Waals surface area contributed by atoms with Crippen LogP contribution < -0.4 is 0 Å². The molecule has 1 saturated carbocycles. The first-order valence-corrected chi connectivity index (χ1v) is 13.0. The summed E-state index contributed by atoms with van der Waals surface area (Å²) in [6, 6.07) is 9.71. The Balaban J connectivity index is 1.60. The summed E-state index contributed by atoms with van der Waals surface area (Å²) in [6.45, 7) is 8.56. The summed E-state index contributed by atoms with van der Waals surface area (Å²) in [7, 11) is 0. The van der Waals surface area contributed by atoms with Gasteiger partial charge in [0.2, 0.25) is 0 Å². The van der Waals surface area contributed by atoms with Gasteiger partial charge in [0.25, 0.3) is 0 Å². The smallest absolute Gasteiger partial charge is 0.331 e. The number of fused-ring (bicyclic) bond motifs is 4. The van der Waals surface area contributed by atoms with Crippen LogP contribution in [0.2, 0.25) is 0 Å². The van der Waals surface area contributed by atoms with Gasteiger partial charge in [0.1, 0.15) is 23.4 Å². The lowest BCUT2D eigenvalue weighted by molar-refractivity contribution is -0.264. The van der Waals surface area contributed by atoms with E-state index in [4.69, 9.17) is 20.6 Å². The van der Waals surface area contributed by atoms with Crippen molar-refractivity contribution in [3.05, 3.63) is 42.0 Å². The normalized spacial score (nSPS) is 35.6. The molecule has 2 bridgehead atoms. The average molecular weight is 479 g/mol. The summed E-state index contributed by atoms with van der Waals surface area (Å²) in [5, 5.41) is 0. The number of rotatable bonds is 8. The van der Waals surface area contributed by atoms with Crippen molar-refractivity contribution in [2.24, 2.45) is 23.7 Å². The van der Waals surface area contributed by atoms with Crippen molar-refractivity contribution in [3.63, 3.8) is 0 Å². The zero-order valence-corrected chi connectivity index (χ0v) is 21.4. The third kappa shape index (κ3) is 4.78. The standard InChI is InChI=1S/C30H38O5/c1-6-7-9-14-25(31)33-24-19-30(20(2)3)28(27-21(4)15-17-23(27)29(24,5)35-30)34-26(32)18-16-22-12-10-8-11-13-22/h1,8,10-13,16,18,20-21,23-24,27-28H,7,9,14-15,17,19H2,2-5H3/t21-,23-,24-,27-,28+,29?,30-/m1/s1. The summed E-state index contributed by atoms with van der Waals surface area (Å²) < 4.78 is 19.2. The van der Waals surface area contributed by atoms with Crippen LogP contribution in [0.25, 0.3) is 6.08 Å². The molecule has 0 radical (unpaired) electrons. The highest BCUT2D eigenvalue weighted by molar-refractivity contribution is 5.87. The van der Waals surface area contributed by atoms with Crippen molar-refractivity contribution >= 4 is 18.0 Å². The lowest BCUT2D eigenvalue weighted by Crippen LogP contribution is -2.62. The Bertz CT molecular complexity index is 992.